The molecule has 0 fully saturated rings. The van der Waals surface area contributed by atoms with Gasteiger partial charge in [-0.1, -0.05) is 11.2 Å². The summed E-state index contributed by atoms with van der Waals surface area (Å²) in [4.78, 5) is 12.0. The molecular formula is C12H12N2O4S. The first-order chi connectivity index (χ1) is 8.86. The van der Waals surface area contributed by atoms with E-state index in [0.717, 1.165) is 6.26 Å². The van der Waals surface area contributed by atoms with E-state index < -0.39 is 15.7 Å². The first-order valence-electron chi connectivity index (χ1n) is 5.41. The van der Waals surface area contributed by atoms with E-state index in [0.29, 0.717) is 5.76 Å². The van der Waals surface area contributed by atoms with Gasteiger partial charge in [0.2, 0.25) is 0 Å². The van der Waals surface area contributed by atoms with E-state index in [1.807, 2.05) is 0 Å². The molecule has 1 aromatic carbocycles. The lowest BCUT2D eigenvalue weighted by molar-refractivity contribution is 0.102. The van der Waals surface area contributed by atoms with Crippen LogP contribution in [-0.4, -0.2) is 25.7 Å². The monoisotopic (exact) mass is 280 g/mol. The molecule has 0 unspecified atom stereocenters. The molecule has 1 amide bonds. The van der Waals surface area contributed by atoms with Crippen molar-refractivity contribution in [1.82, 2.24) is 5.16 Å². The number of nitrogens with zero attached hydrogens (tertiary/aromatic N) is 1. The standard InChI is InChI=1S/C12H12N2O4S/c1-8-6-11(14-18-8)13-12(15)9-4-3-5-10(7-9)19(2,16)17/h3-7H,1-2H3,(H,13,14,15). The fourth-order valence-corrected chi connectivity index (χ4v) is 2.15. The summed E-state index contributed by atoms with van der Waals surface area (Å²) in [6.45, 7) is 1.70. The second kappa shape index (κ2) is 4.85. The average Bonchev–Trinajstić information content (AvgIpc) is 2.74. The Balaban J connectivity index is 2.25. The van der Waals surface area contributed by atoms with Crippen molar-refractivity contribution in [3.8, 4) is 0 Å². The van der Waals surface area contributed by atoms with Gasteiger partial charge in [0.05, 0.1) is 4.90 Å². The van der Waals surface area contributed by atoms with Crippen LogP contribution in [0.1, 0.15) is 16.1 Å². The van der Waals surface area contributed by atoms with Gasteiger partial charge in [-0.25, -0.2) is 8.42 Å². The van der Waals surface area contributed by atoms with Gasteiger partial charge in [0, 0.05) is 17.9 Å². The van der Waals surface area contributed by atoms with Crippen LogP contribution < -0.4 is 5.32 Å². The number of rotatable bonds is 3. The maximum atomic E-state index is 11.9. The lowest BCUT2D eigenvalue weighted by Crippen LogP contribution is -2.12. The molecule has 0 spiro atoms. The molecule has 0 aliphatic heterocycles. The summed E-state index contributed by atoms with van der Waals surface area (Å²) >= 11 is 0. The lowest BCUT2D eigenvalue weighted by Gasteiger charge is -2.03. The van der Waals surface area contributed by atoms with Gasteiger partial charge in [0.15, 0.2) is 15.7 Å². The fourth-order valence-electron chi connectivity index (χ4n) is 1.48. The fraction of sp³-hybridized carbons (Fsp3) is 0.167. The predicted molar refractivity (Wildman–Crippen MR) is 68.7 cm³/mol. The van der Waals surface area contributed by atoms with Crippen LogP contribution in [0.2, 0.25) is 0 Å². The Kier molecular flexibility index (Phi) is 3.39. The van der Waals surface area contributed by atoms with Crippen molar-refractivity contribution in [1.29, 1.82) is 0 Å². The Labute approximate surface area is 110 Å². The molecular weight excluding hydrogens is 268 g/mol. The zero-order valence-electron chi connectivity index (χ0n) is 10.4. The van der Waals surface area contributed by atoms with E-state index in [1.165, 1.54) is 24.3 Å². The molecule has 0 bridgehead atoms. The molecule has 0 saturated heterocycles. The number of amides is 1. The highest BCUT2D eigenvalue weighted by Crippen LogP contribution is 2.13. The average molecular weight is 280 g/mol. The van der Waals surface area contributed by atoms with Crippen LogP contribution in [0, 0.1) is 6.92 Å². The zero-order chi connectivity index (χ0) is 14.0. The van der Waals surface area contributed by atoms with Gasteiger partial charge < -0.3 is 9.84 Å². The normalized spacial score (nSPS) is 11.3. The first kappa shape index (κ1) is 13.3. The van der Waals surface area contributed by atoms with Gasteiger partial charge in [0.25, 0.3) is 5.91 Å². The van der Waals surface area contributed by atoms with Gasteiger partial charge in [-0.2, -0.15) is 0 Å². The Morgan fingerprint density at radius 2 is 2.05 bits per heavy atom. The lowest BCUT2D eigenvalue weighted by atomic mass is 10.2. The summed E-state index contributed by atoms with van der Waals surface area (Å²) in [6.07, 6.45) is 1.09. The molecule has 1 heterocycles. The van der Waals surface area contributed by atoms with Crippen molar-refractivity contribution in [2.24, 2.45) is 0 Å². The second-order valence-electron chi connectivity index (χ2n) is 4.08. The molecule has 1 aromatic heterocycles. The molecule has 7 heteroatoms. The maximum absolute atomic E-state index is 11.9. The quantitative estimate of drug-likeness (QED) is 0.923. The number of carbonyl (C=O) groups is 1. The number of hydrogen-bond acceptors (Lipinski definition) is 5. The highest BCUT2D eigenvalue weighted by Gasteiger charge is 2.12. The summed E-state index contributed by atoms with van der Waals surface area (Å²) in [5, 5.41) is 6.15. The minimum Gasteiger partial charge on any atom is -0.360 e. The van der Waals surface area contributed by atoms with Crippen molar-refractivity contribution >= 4 is 21.6 Å². The van der Waals surface area contributed by atoms with E-state index in [9.17, 15) is 13.2 Å². The zero-order valence-corrected chi connectivity index (χ0v) is 11.2. The minimum absolute atomic E-state index is 0.0940. The maximum Gasteiger partial charge on any atom is 0.256 e. The molecule has 6 nitrogen and oxygen atoms in total. The molecule has 2 aromatic rings. The summed E-state index contributed by atoms with van der Waals surface area (Å²) in [5.74, 6) is 0.409. The van der Waals surface area contributed by atoms with Gasteiger partial charge in [0.1, 0.15) is 5.76 Å². The molecule has 0 aliphatic carbocycles. The molecule has 19 heavy (non-hydrogen) atoms. The van der Waals surface area contributed by atoms with E-state index in [2.05, 4.69) is 10.5 Å². The van der Waals surface area contributed by atoms with Crippen LogP contribution in [0.15, 0.2) is 39.8 Å². The van der Waals surface area contributed by atoms with Crippen molar-refractivity contribution in [2.75, 3.05) is 11.6 Å². The molecule has 0 atom stereocenters. The highest BCUT2D eigenvalue weighted by molar-refractivity contribution is 7.90. The third kappa shape index (κ3) is 3.19. The Hall–Kier alpha value is -2.15. The van der Waals surface area contributed by atoms with Gasteiger partial charge >= 0.3 is 0 Å². The molecule has 1 N–H and O–H groups in total. The number of hydrogen-bond donors (Lipinski definition) is 1. The van der Waals surface area contributed by atoms with Crippen LogP contribution in [0.3, 0.4) is 0 Å². The SMILES string of the molecule is Cc1cc(NC(=O)c2cccc(S(C)(=O)=O)c2)no1. The molecule has 0 saturated carbocycles. The molecule has 0 aliphatic rings. The predicted octanol–water partition coefficient (Wildman–Crippen LogP) is 1.64. The van der Waals surface area contributed by atoms with E-state index in [4.69, 9.17) is 4.52 Å². The summed E-state index contributed by atoms with van der Waals surface area (Å²) in [7, 11) is -3.34. The van der Waals surface area contributed by atoms with Gasteiger partial charge in [-0.15, -0.1) is 0 Å². The van der Waals surface area contributed by atoms with Gasteiger partial charge in [-0.05, 0) is 25.1 Å². The van der Waals surface area contributed by atoms with E-state index >= 15 is 0 Å². The first-order valence-corrected chi connectivity index (χ1v) is 7.30. The number of aryl methyl sites for hydroxylation is 1. The number of sulfone groups is 1. The van der Waals surface area contributed by atoms with Gasteiger partial charge in [-0.3, -0.25) is 4.79 Å². The topological polar surface area (TPSA) is 89.3 Å². The third-order valence-corrected chi connectivity index (χ3v) is 3.50. The minimum atomic E-state index is -3.34. The van der Waals surface area contributed by atoms with Crippen molar-refractivity contribution in [3.63, 3.8) is 0 Å². The number of benzene rings is 1. The number of nitrogens with one attached hydrogen (secondary N) is 1. The molecule has 2 rings (SSSR count). The Morgan fingerprint density at radius 1 is 1.32 bits per heavy atom. The number of aromatic nitrogens is 1. The van der Waals surface area contributed by atoms with Crippen molar-refractivity contribution < 1.29 is 17.7 Å². The van der Waals surface area contributed by atoms with Crippen LogP contribution in [0.4, 0.5) is 5.82 Å². The molecule has 0 radical (unpaired) electrons. The summed E-state index contributed by atoms with van der Waals surface area (Å²) in [6, 6.07) is 7.36. The number of anilines is 1. The Morgan fingerprint density at radius 3 is 2.63 bits per heavy atom. The smallest absolute Gasteiger partial charge is 0.256 e. The van der Waals surface area contributed by atoms with Crippen molar-refractivity contribution in [2.45, 2.75) is 11.8 Å². The number of carbonyl (C=O) groups excluding carboxylic acids is 1. The second-order valence-corrected chi connectivity index (χ2v) is 6.09. The van der Waals surface area contributed by atoms with E-state index in [1.54, 1.807) is 13.0 Å². The molecule has 100 valence electrons. The van der Waals surface area contributed by atoms with Crippen LogP contribution in [-0.2, 0) is 9.84 Å². The highest BCUT2D eigenvalue weighted by atomic mass is 32.2. The van der Waals surface area contributed by atoms with E-state index in [-0.39, 0.29) is 16.3 Å². The van der Waals surface area contributed by atoms with Crippen LogP contribution in [0.5, 0.6) is 0 Å². The Bertz CT molecular complexity index is 719. The summed E-state index contributed by atoms with van der Waals surface area (Å²) < 4.78 is 27.6. The van der Waals surface area contributed by atoms with Crippen molar-refractivity contribution in [3.05, 3.63) is 41.7 Å². The van der Waals surface area contributed by atoms with Crippen LogP contribution in [0.25, 0.3) is 0 Å². The third-order valence-electron chi connectivity index (χ3n) is 2.39. The van der Waals surface area contributed by atoms with Crippen LogP contribution >= 0.6 is 0 Å². The largest absolute Gasteiger partial charge is 0.360 e. The summed E-state index contributed by atoms with van der Waals surface area (Å²) in [5.41, 5.74) is 0.239.